The summed E-state index contributed by atoms with van der Waals surface area (Å²) in [7, 11) is 0. The minimum absolute atomic E-state index is 0.0950. The first-order valence-corrected chi connectivity index (χ1v) is 10.7. The third kappa shape index (κ3) is 4.19. The fraction of sp³-hybridized carbons (Fsp3) is 0.100. The molecule has 1 N–H and O–H groups in total. The van der Waals surface area contributed by atoms with Crippen LogP contribution in [-0.2, 0) is 0 Å². The Kier molecular flexibility index (Phi) is 5.77. The number of thiophene rings is 1. The van der Waals surface area contributed by atoms with Crippen molar-refractivity contribution < 1.29 is 14.1 Å². The summed E-state index contributed by atoms with van der Waals surface area (Å²) in [6.45, 7) is 0.211. The number of para-hydroxylation sites is 2. The van der Waals surface area contributed by atoms with Gasteiger partial charge in [0.15, 0.2) is 10.9 Å². The molecule has 0 amide bonds. The predicted octanol–water partition coefficient (Wildman–Crippen LogP) is 4.87. The van der Waals surface area contributed by atoms with Gasteiger partial charge in [-0.1, -0.05) is 36.0 Å². The van der Waals surface area contributed by atoms with E-state index >= 15 is 0 Å². The standard InChI is InChI=1S/C20H14FN3O4S2/c21-13-7-5-12(6-8-13)14-11-30-19-17(14)18(25)22-20(23-19)29-10-9-28-16-4-2-1-3-15(16)24(26)27/h1-8,11H,9-10H2,(H,22,23,25). The lowest BCUT2D eigenvalue weighted by Crippen LogP contribution is -2.09. The van der Waals surface area contributed by atoms with Gasteiger partial charge in [0.05, 0.1) is 16.9 Å². The number of hydrogen-bond donors (Lipinski definition) is 1. The smallest absolute Gasteiger partial charge is 0.310 e. The molecule has 0 unspecified atom stereocenters. The van der Waals surface area contributed by atoms with E-state index in [1.54, 1.807) is 24.3 Å². The average molecular weight is 443 g/mol. The molecule has 152 valence electrons. The lowest BCUT2D eigenvalue weighted by Gasteiger charge is -2.06. The predicted molar refractivity (Wildman–Crippen MR) is 115 cm³/mol. The molecular formula is C20H14FN3O4S2. The Morgan fingerprint density at radius 3 is 2.73 bits per heavy atom. The second kappa shape index (κ2) is 8.64. The van der Waals surface area contributed by atoms with E-state index in [0.29, 0.717) is 26.7 Å². The summed E-state index contributed by atoms with van der Waals surface area (Å²) >= 11 is 2.62. The van der Waals surface area contributed by atoms with Gasteiger partial charge >= 0.3 is 5.69 Å². The zero-order valence-electron chi connectivity index (χ0n) is 15.3. The largest absolute Gasteiger partial charge is 0.486 e. The number of benzene rings is 2. The highest BCUT2D eigenvalue weighted by atomic mass is 32.2. The summed E-state index contributed by atoms with van der Waals surface area (Å²) in [6.07, 6.45) is 0. The molecule has 0 atom stereocenters. The number of nitrogens with one attached hydrogen (secondary N) is 1. The molecule has 10 heteroatoms. The Hall–Kier alpha value is -3.24. The topological polar surface area (TPSA) is 98.1 Å². The Morgan fingerprint density at radius 2 is 1.97 bits per heavy atom. The van der Waals surface area contributed by atoms with Gasteiger partial charge in [0.1, 0.15) is 10.6 Å². The molecule has 30 heavy (non-hydrogen) atoms. The number of hydrogen-bond acceptors (Lipinski definition) is 7. The van der Waals surface area contributed by atoms with E-state index in [1.807, 2.05) is 5.38 Å². The summed E-state index contributed by atoms with van der Waals surface area (Å²) in [6, 6.07) is 12.1. The normalized spacial score (nSPS) is 11.0. The molecule has 2 aromatic heterocycles. The monoisotopic (exact) mass is 443 g/mol. The first-order valence-electron chi connectivity index (χ1n) is 8.79. The third-order valence-corrected chi connectivity index (χ3v) is 5.93. The van der Waals surface area contributed by atoms with Gasteiger partial charge in [-0.2, -0.15) is 0 Å². The molecule has 0 saturated heterocycles. The van der Waals surface area contributed by atoms with Crippen molar-refractivity contribution in [2.75, 3.05) is 12.4 Å². The molecule has 0 aliphatic rings. The van der Waals surface area contributed by atoms with Crippen molar-refractivity contribution in [1.82, 2.24) is 9.97 Å². The van der Waals surface area contributed by atoms with Crippen LogP contribution in [0.4, 0.5) is 10.1 Å². The van der Waals surface area contributed by atoms with Crippen LogP contribution in [0.15, 0.2) is 63.9 Å². The van der Waals surface area contributed by atoms with Crippen molar-refractivity contribution in [3.63, 3.8) is 0 Å². The number of nitro benzene ring substituents is 1. The van der Waals surface area contributed by atoms with Crippen LogP contribution in [-0.4, -0.2) is 27.3 Å². The number of aromatic amines is 1. The second-order valence-electron chi connectivity index (χ2n) is 6.13. The summed E-state index contributed by atoms with van der Waals surface area (Å²) in [5, 5.41) is 13.7. The SMILES string of the molecule is O=c1[nH]c(SCCOc2ccccc2[N+](=O)[O-])nc2scc(-c3ccc(F)cc3)c12. The van der Waals surface area contributed by atoms with E-state index in [4.69, 9.17) is 4.74 Å². The number of nitro groups is 1. The van der Waals surface area contributed by atoms with Gasteiger partial charge < -0.3 is 9.72 Å². The van der Waals surface area contributed by atoms with Gasteiger partial charge in [0.25, 0.3) is 5.56 Å². The molecule has 0 saturated carbocycles. The van der Waals surface area contributed by atoms with Crippen molar-refractivity contribution in [2.24, 2.45) is 0 Å². The number of ether oxygens (including phenoxy) is 1. The van der Waals surface area contributed by atoms with Gasteiger partial charge in [-0.15, -0.1) is 11.3 Å². The molecule has 2 heterocycles. The maximum absolute atomic E-state index is 13.2. The van der Waals surface area contributed by atoms with Crippen LogP contribution in [0.5, 0.6) is 5.75 Å². The van der Waals surface area contributed by atoms with E-state index in [-0.39, 0.29) is 29.4 Å². The maximum atomic E-state index is 13.2. The highest BCUT2D eigenvalue weighted by Crippen LogP contribution is 2.31. The van der Waals surface area contributed by atoms with E-state index < -0.39 is 4.92 Å². The summed E-state index contributed by atoms with van der Waals surface area (Å²) in [5.41, 5.74) is 1.08. The number of aromatic nitrogens is 2. The van der Waals surface area contributed by atoms with Crippen molar-refractivity contribution >= 4 is 39.0 Å². The van der Waals surface area contributed by atoms with E-state index in [0.717, 1.165) is 5.56 Å². The van der Waals surface area contributed by atoms with Crippen LogP contribution in [0.1, 0.15) is 0 Å². The first kappa shape index (κ1) is 20.0. The number of fused-ring (bicyclic) bond motifs is 1. The van der Waals surface area contributed by atoms with Crippen molar-refractivity contribution in [2.45, 2.75) is 5.16 Å². The van der Waals surface area contributed by atoms with E-state index in [1.165, 1.54) is 47.4 Å². The first-order chi connectivity index (χ1) is 14.5. The van der Waals surface area contributed by atoms with Crippen LogP contribution in [0.2, 0.25) is 0 Å². The van der Waals surface area contributed by atoms with Crippen LogP contribution in [0.25, 0.3) is 21.3 Å². The van der Waals surface area contributed by atoms with Crippen LogP contribution >= 0.6 is 23.1 Å². The molecule has 2 aromatic carbocycles. The molecular weight excluding hydrogens is 429 g/mol. The van der Waals surface area contributed by atoms with E-state index in [9.17, 15) is 19.3 Å². The molecule has 0 aliphatic carbocycles. The molecule has 0 radical (unpaired) electrons. The molecule has 0 bridgehead atoms. The molecule has 0 spiro atoms. The molecule has 0 fully saturated rings. The highest BCUT2D eigenvalue weighted by Gasteiger charge is 2.15. The Labute approximate surface area is 177 Å². The molecule has 4 rings (SSSR count). The fourth-order valence-electron chi connectivity index (χ4n) is 2.86. The zero-order chi connectivity index (χ0) is 21.1. The van der Waals surface area contributed by atoms with Gasteiger partial charge in [-0.05, 0) is 23.8 Å². The lowest BCUT2D eigenvalue weighted by atomic mass is 10.1. The summed E-state index contributed by atoms with van der Waals surface area (Å²) in [4.78, 5) is 30.9. The number of nitrogens with zero attached hydrogens (tertiary/aromatic N) is 2. The zero-order valence-corrected chi connectivity index (χ0v) is 17.0. The number of thioether (sulfide) groups is 1. The van der Waals surface area contributed by atoms with Crippen molar-refractivity contribution in [3.8, 4) is 16.9 Å². The Balaban J connectivity index is 1.47. The quantitative estimate of drug-likeness (QED) is 0.144. The minimum Gasteiger partial charge on any atom is -0.486 e. The second-order valence-corrected chi connectivity index (χ2v) is 8.07. The molecule has 4 aromatic rings. The number of rotatable bonds is 7. The highest BCUT2D eigenvalue weighted by molar-refractivity contribution is 7.99. The molecule has 7 nitrogen and oxygen atoms in total. The average Bonchev–Trinajstić information content (AvgIpc) is 3.16. The fourth-order valence-corrected chi connectivity index (χ4v) is 4.55. The maximum Gasteiger partial charge on any atom is 0.310 e. The van der Waals surface area contributed by atoms with Gasteiger partial charge in [0, 0.05) is 22.8 Å². The van der Waals surface area contributed by atoms with E-state index in [2.05, 4.69) is 9.97 Å². The lowest BCUT2D eigenvalue weighted by molar-refractivity contribution is -0.385. The number of halogens is 1. The van der Waals surface area contributed by atoms with Crippen LogP contribution in [0.3, 0.4) is 0 Å². The van der Waals surface area contributed by atoms with Crippen LogP contribution < -0.4 is 10.3 Å². The molecule has 0 aliphatic heterocycles. The summed E-state index contributed by atoms with van der Waals surface area (Å²) in [5.74, 6) is 0.297. The Morgan fingerprint density at radius 1 is 1.20 bits per heavy atom. The number of H-pyrrole nitrogens is 1. The third-order valence-electron chi connectivity index (χ3n) is 4.22. The van der Waals surface area contributed by atoms with Crippen molar-refractivity contribution in [3.05, 3.63) is 80.2 Å². The van der Waals surface area contributed by atoms with Crippen LogP contribution in [0, 0.1) is 15.9 Å². The van der Waals surface area contributed by atoms with Gasteiger partial charge in [-0.3, -0.25) is 14.9 Å². The minimum atomic E-state index is -0.495. The van der Waals surface area contributed by atoms with Crippen molar-refractivity contribution in [1.29, 1.82) is 0 Å². The van der Waals surface area contributed by atoms with Gasteiger partial charge in [0.2, 0.25) is 0 Å². The Bertz CT molecular complexity index is 1270. The van der Waals surface area contributed by atoms with Gasteiger partial charge in [-0.25, -0.2) is 9.37 Å². The summed E-state index contributed by atoms with van der Waals surface area (Å²) < 4.78 is 18.7.